The minimum atomic E-state index is 0.248. The summed E-state index contributed by atoms with van der Waals surface area (Å²) in [5.74, 6) is 0.248. The van der Waals surface area contributed by atoms with Gasteiger partial charge in [-0.1, -0.05) is 0 Å². The molecular weight excluding hydrogens is 288 g/mol. The molecule has 0 spiro atoms. The van der Waals surface area contributed by atoms with Crippen molar-refractivity contribution < 1.29 is 4.79 Å². The van der Waals surface area contributed by atoms with E-state index >= 15 is 0 Å². The molecule has 1 saturated heterocycles. The standard InChI is InChI=1S/C11H15BrN2OS/c12-10-3-2-9(16-10)8-11(15)14-6-1-4-13-5-7-14/h2-3,13H,1,4-8H2. The molecule has 1 N–H and O–H groups in total. The molecule has 2 heterocycles. The molecule has 1 amide bonds. The minimum absolute atomic E-state index is 0.248. The van der Waals surface area contributed by atoms with Gasteiger partial charge in [0.2, 0.25) is 5.91 Å². The maximum Gasteiger partial charge on any atom is 0.227 e. The molecule has 0 bridgehead atoms. The summed E-state index contributed by atoms with van der Waals surface area (Å²) in [5.41, 5.74) is 0. The Balaban J connectivity index is 1.91. The van der Waals surface area contributed by atoms with E-state index in [2.05, 4.69) is 21.2 Å². The van der Waals surface area contributed by atoms with E-state index in [9.17, 15) is 4.79 Å². The second kappa shape index (κ2) is 5.80. The lowest BCUT2D eigenvalue weighted by molar-refractivity contribution is -0.130. The maximum absolute atomic E-state index is 12.0. The van der Waals surface area contributed by atoms with Crippen molar-refractivity contribution in [2.24, 2.45) is 0 Å². The van der Waals surface area contributed by atoms with Crippen molar-refractivity contribution >= 4 is 33.2 Å². The lowest BCUT2D eigenvalue weighted by Gasteiger charge is -2.19. The molecule has 0 saturated carbocycles. The number of nitrogens with zero attached hydrogens (tertiary/aromatic N) is 1. The van der Waals surface area contributed by atoms with Crippen LogP contribution in [0.25, 0.3) is 0 Å². The van der Waals surface area contributed by atoms with E-state index in [0.29, 0.717) is 6.42 Å². The fourth-order valence-electron chi connectivity index (χ4n) is 1.80. The number of hydrogen-bond acceptors (Lipinski definition) is 3. The molecule has 0 aliphatic carbocycles. The van der Waals surface area contributed by atoms with E-state index in [4.69, 9.17) is 0 Å². The second-order valence-electron chi connectivity index (χ2n) is 3.87. The van der Waals surface area contributed by atoms with E-state index in [0.717, 1.165) is 41.3 Å². The molecule has 5 heteroatoms. The summed E-state index contributed by atoms with van der Waals surface area (Å²) in [6, 6.07) is 4.01. The summed E-state index contributed by atoms with van der Waals surface area (Å²) in [6.07, 6.45) is 1.59. The molecule has 3 nitrogen and oxygen atoms in total. The topological polar surface area (TPSA) is 32.3 Å². The zero-order valence-corrected chi connectivity index (χ0v) is 11.4. The predicted octanol–water partition coefficient (Wildman–Crippen LogP) is 1.88. The number of thiophene rings is 1. The van der Waals surface area contributed by atoms with Gasteiger partial charge in [-0.05, 0) is 41.0 Å². The highest BCUT2D eigenvalue weighted by atomic mass is 79.9. The third-order valence-electron chi connectivity index (χ3n) is 2.65. The van der Waals surface area contributed by atoms with E-state index in [-0.39, 0.29) is 5.91 Å². The van der Waals surface area contributed by atoms with Crippen LogP contribution in [0.3, 0.4) is 0 Å². The van der Waals surface area contributed by atoms with Crippen LogP contribution >= 0.6 is 27.3 Å². The lowest BCUT2D eigenvalue weighted by atomic mass is 10.3. The minimum Gasteiger partial charge on any atom is -0.341 e. The van der Waals surface area contributed by atoms with Gasteiger partial charge in [-0.3, -0.25) is 4.79 Å². The lowest BCUT2D eigenvalue weighted by Crippen LogP contribution is -2.35. The molecule has 88 valence electrons. The normalized spacial score (nSPS) is 17.2. The third kappa shape index (κ3) is 3.30. The van der Waals surface area contributed by atoms with Gasteiger partial charge in [0, 0.05) is 24.5 Å². The SMILES string of the molecule is O=C(Cc1ccc(Br)s1)N1CCCNCC1. The van der Waals surface area contributed by atoms with Crippen LogP contribution in [0.2, 0.25) is 0 Å². The van der Waals surface area contributed by atoms with Crippen molar-refractivity contribution in [1.82, 2.24) is 10.2 Å². The van der Waals surface area contributed by atoms with Crippen LogP contribution in [0.5, 0.6) is 0 Å². The Morgan fingerprint density at radius 1 is 1.44 bits per heavy atom. The van der Waals surface area contributed by atoms with Gasteiger partial charge in [-0.2, -0.15) is 0 Å². The zero-order valence-electron chi connectivity index (χ0n) is 9.04. The Hall–Kier alpha value is -0.390. The highest BCUT2D eigenvalue weighted by molar-refractivity contribution is 9.11. The number of halogens is 1. The van der Waals surface area contributed by atoms with Gasteiger partial charge in [0.25, 0.3) is 0 Å². The highest BCUT2D eigenvalue weighted by Gasteiger charge is 2.16. The van der Waals surface area contributed by atoms with E-state index in [1.807, 2.05) is 17.0 Å². The smallest absolute Gasteiger partial charge is 0.227 e. The number of hydrogen-bond donors (Lipinski definition) is 1. The zero-order chi connectivity index (χ0) is 11.4. The van der Waals surface area contributed by atoms with Crippen molar-refractivity contribution in [1.29, 1.82) is 0 Å². The number of nitrogens with one attached hydrogen (secondary N) is 1. The van der Waals surface area contributed by atoms with Gasteiger partial charge in [0.15, 0.2) is 0 Å². The van der Waals surface area contributed by atoms with Gasteiger partial charge in [0.05, 0.1) is 10.2 Å². The molecule has 16 heavy (non-hydrogen) atoms. The van der Waals surface area contributed by atoms with Crippen molar-refractivity contribution in [3.63, 3.8) is 0 Å². The quantitative estimate of drug-likeness (QED) is 0.905. The number of carbonyl (C=O) groups is 1. The van der Waals surface area contributed by atoms with Crippen LogP contribution in [0.15, 0.2) is 15.9 Å². The molecule has 0 aromatic carbocycles. The van der Waals surface area contributed by atoms with Crippen molar-refractivity contribution in [2.45, 2.75) is 12.8 Å². The maximum atomic E-state index is 12.0. The molecule has 1 aliphatic rings. The van der Waals surface area contributed by atoms with Crippen LogP contribution in [0.4, 0.5) is 0 Å². The number of rotatable bonds is 2. The Morgan fingerprint density at radius 3 is 3.06 bits per heavy atom. The van der Waals surface area contributed by atoms with Crippen LogP contribution < -0.4 is 5.32 Å². The number of carbonyl (C=O) groups excluding carboxylic acids is 1. The Kier molecular flexibility index (Phi) is 4.37. The van der Waals surface area contributed by atoms with Crippen LogP contribution in [0, 0.1) is 0 Å². The molecule has 2 rings (SSSR count). The average molecular weight is 303 g/mol. The third-order valence-corrected chi connectivity index (χ3v) is 4.27. The van der Waals surface area contributed by atoms with Gasteiger partial charge < -0.3 is 10.2 Å². The fourth-order valence-corrected chi connectivity index (χ4v) is 3.28. The van der Waals surface area contributed by atoms with Gasteiger partial charge in [0.1, 0.15) is 0 Å². The summed E-state index contributed by atoms with van der Waals surface area (Å²) >= 11 is 5.05. The van der Waals surface area contributed by atoms with Gasteiger partial charge >= 0.3 is 0 Å². The molecule has 0 unspecified atom stereocenters. The molecule has 0 atom stereocenters. The monoisotopic (exact) mass is 302 g/mol. The highest BCUT2D eigenvalue weighted by Crippen LogP contribution is 2.22. The number of amides is 1. The Bertz CT molecular complexity index is 359. The second-order valence-corrected chi connectivity index (χ2v) is 6.41. The first-order valence-electron chi connectivity index (χ1n) is 5.48. The first-order valence-corrected chi connectivity index (χ1v) is 7.09. The average Bonchev–Trinajstić information content (AvgIpc) is 2.56. The molecule has 1 fully saturated rings. The van der Waals surface area contributed by atoms with E-state index in [1.54, 1.807) is 11.3 Å². The van der Waals surface area contributed by atoms with Crippen LogP contribution in [-0.2, 0) is 11.2 Å². The van der Waals surface area contributed by atoms with Crippen molar-refractivity contribution in [3.05, 3.63) is 20.8 Å². The van der Waals surface area contributed by atoms with Crippen LogP contribution in [-0.4, -0.2) is 37.0 Å². The molecule has 1 aromatic heterocycles. The Labute approximate surface area is 108 Å². The summed E-state index contributed by atoms with van der Waals surface area (Å²) in [4.78, 5) is 15.1. The summed E-state index contributed by atoms with van der Waals surface area (Å²) in [5, 5.41) is 3.30. The van der Waals surface area contributed by atoms with Crippen LogP contribution in [0.1, 0.15) is 11.3 Å². The van der Waals surface area contributed by atoms with Gasteiger partial charge in [-0.15, -0.1) is 11.3 Å². The Morgan fingerprint density at radius 2 is 2.31 bits per heavy atom. The van der Waals surface area contributed by atoms with E-state index in [1.165, 1.54) is 0 Å². The first-order chi connectivity index (χ1) is 7.75. The van der Waals surface area contributed by atoms with E-state index < -0.39 is 0 Å². The van der Waals surface area contributed by atoms with Gasteiger partial charge in [-0.25, -0.2) is 0 Å². The molecule has 0 radical (unpaired) electrons. The molecular formula is C11H15BrN2OS. The molecule has 1 aliphatic heterocycles. The first kappa shape index (κ1) is 12.1. The van der Waals surface area contributed by atoms with Crippen molar-refractivity contribution in [3.8, 4) is 0 Å². The van der Waals surface area contributed by atoms with Crippen molar-refractivity contribution in [2.75, 3.05) is 26.2 Å². The summed E-state index contributed by atoms with van der Waals surface area (Å²) in [6.45, 7) is 3.66. The molecule has 1 aromatic rings. The summed E-state index contributed by atoms with van der Waals surface area (Å²) in [7, 11) is 0. The largest absolute Gasteiger partial charge is 0.341 e. The summed E-state index contributed by atoms with van der Waals surface area (Å²) < 4.78 is 1.09. The predicted molar refractivity (Wildman–Crippen MR) is 69.8 cm³/mol. The fraction of sp³-hybridized carbons (Fsp3) is 0.545.